The van der Waals surface area contributed by atoms with E-state index in [-0.39, 0.29) is 5.69 Å². The highest BCUT2D eigenvalue weighted by atomic mass is 32.2. The molecule has 2 aromatic carbocycles. The minimum Gasteiger partial charge on any atom is -0.324 e. The molecule has 0 aliphatic carbocycles. The topological polar surface area (TPSA) is 66.5 Å². The maximum absolute atomic E-state index is 13.5. The van der Waals surface area contributed by atoms with Gasteiger partial charge in [0.25, 0.3) is 0 Å². The number of rotatable bonds is 6. The first kappa shape index (κ1) is 19.3. The molecule has 25 heavy (non-hydrogen) atoms. The van der Waals surface area contributed by atoms with E-state index in [1.807, 2.05) is 12.3 Å². The zero-order valence-electron chi connectivity index (χ0n) is 14.1. The van der Waals surface area contributed by atoms with Gasteiger partial charge in [-0.1, -0.05) is 12.1 Å². The van der Waals surface area contributed by atoms with E-state index >= 15 is 0 Å². The van der Waals surface area contributed by atoms with Crippen LogP contribution in [0.4, 0.5) is 15.8 Å². The zero-order valence-corrected chi connectivity index (χ0v) is 15.7. The Balaban J connectivity index is 2.30. The Morgan fingerprint density at radius 1 is 1.20 bits per heavy atom. The molecule has 1 unspecified atom stereocenters. The lowest BCUT2D eigenvalue weighted by Gasteiger charge is -2.28. The molecular formula is C17H19FN2O3S2. The second-order valence-corrected chi connectivity index (χ2v) is 8.17. The molecule has 0 aliphatic heterocycles. The van der Waals surface area contributed by atoms with Crippen LogP contribution in [0.1, 0.15) is 6.92 Å². The number of carbonyl (C=O) groups is 1. The molecule has 0 spiro atoms. The van der Waals surface area contributed by atoms with Crippen LogP contribution in [0.15, 0.2) is 53.4 Å². The summed E-state index contributed by atoms with van der Waals surface area (Å²) in [6.45, 7) is 1.46. The fourth-order valence-electron chi connectivity index (χ4n) is 2.37. The summed E-state index contributed by atoms with van der Waals surface area (Å²) in [5, 5.41) is 2.70. The van der Waals surface area contributed by atoms with Crippen molar-refractivity contribution in [2.45, 2.75) is 17.9 Å². The summed E-state index contributed by atoms with van der Waals surface area (Å²) >= 11 is 1.53. The Hall–Kier alpha value is -2.06. The lowest BCUT2D eigenvalue weighted by Crippen LogP contribution is -2.45. The second-order valence-electron chi connectivity index (χ2n) is 5.44. The lowest BCUT2D eigenvalue weighted by atomic mass is 10.2. The highest BCUT2D eigenvalue weighted by molar-refractivity contribution is 7.98. The maximum atomic E-state index is 13.5. The van der Waals surface area contributed by atoms with Crippen molar-refractivity contribution in [1.29, 1.82) is 0 Å². The summed E-state index contributed by atoms with van der Waals surface area (Å²) in [6, 6.07) is 11.3. The predicted octanol–water partition coefficient (Wildman–Crippen LogP) is 3.34. The molecule has 1 amide bonds. The monoisotopic (exact) mass is 382 g/mol. The van der Waals surface area contributed by atoms with E-state index in [1.54, 1.807) is 18.2 Å². The molecule has 0 saturated carbocycles. The minimum absolute atomic E-state index is 0.100. The zero-order chi connectivity index (χ0) is 18.6. The molecule has 2 aromatic rings. The quantitative estimate of drug-likeness (QED) is 0.778. The fraction of sp³-hybridized carbons (Fsp3) is 0.235. The molecule has 0 aliphatic rings. The van der Waals surface area contributed by atoms with E-state index in [0.717, 1.165) is 21.5 Å². The molecule has 0 radical (unpaired) electrons. The SMILES string of the molecule is CSc1cccc(NC(=O)C(C)N(c2cccc(F)c2)S(C)(=O)=O)c1. The van der Waals surface area contributed by atoms with Gasteiger partial charge in [0.2, 0.25) is 15.9 Å². The number of carbonyl (C=O) groups excluding carboxylic acids is 1. The summed E-state index contributed by atoms with van der Waals surface area (Å²) in [7, 11) is -3.78. The average molecular weight is 382 g/mol. The number of halogens is 1. The van der Waals surface area contributed by atoms with E-state index in [2.05, 4.69) is 5.32 Å². The average Bonchev–Trinajstić information content (AvgIpc) is 2.53. The van der Waals surface area contributed by atoms with Gasteiger partial charge in [-0.05, 0) is 49.6 Å². The van der Waals surface area contributed by atoms with E-state index in [0.29, 0.717) is 5.69 Å². The Labute approximate surface area is 151 Å². The molecule has 1 N–H and O–H groups in total. The molecule has 2 rings (SSSR count). The molecule has 8 heteroatoms. The van der Waals surface area contributed by atoms with Gasteiger partial charge >= 0.3 is 0 Å². The standard InChI is InChI=1S/C17H19FN2O3S2/c1-12(17(21)19-14-7-5-9-16(11-14)24-2)20(25(3,22)23)15-8-4-6-13(18)10-15/h4-12H,1-3H3,(H,19,21). The van der Waals surface area contributed by atoms with Crippen molar-refractivity contribution in [3.05, 3.63) is 54.3 Å². The number of hydrogen-bond acceptors (Lipinski definition) is 4. The molecule has 0 saturated heterocycles. The van der Waals surface area contributed by atoms with Gasteiger partial charge in [-0.15, -0.1) is 11.8 Å². The Kier molecular flexibility index (Phi) is 6.07. The molecule has 0 fully saturated rings. The van der Waals surface area contributed by atoms with E-state index in [1.165, 1.54) is 36.9 Å². The summed E-state index contributed by atoms with van der Waals surface area (Å²) in [6.07, 6.45) is 2.90. The number of hydrogen-bond donors (Lipinski definition) is 1. The molecule has 0 aromatic heterocycles. The largest absolute Gasteiger partial charge is 0.324 e. The van der Waals surface area contributed by atoms with Gasteiger partial charge < -0.3 is 5.32 Å². The van der Waals surface area contributed by atoms with Crippen molar-refractivity contribution in [2.75, 3.05) is 22.1 Å². The normalized spacial score (nSPS) is 12.5. The van der Waals surface area contributed by atoms with Crippen LogP contribution in [0, 0.1) is 5.82 Å². The third-order valence-corrected chi connectivity index (χ3v) is 5.46. The number of thioether (sulfide) groups is 1. The van der Waals surface area contributed by atoms with Gasteiger partial charge in [-0.2, -0.15) is 0 Å². The number of anilines is 2. The first-order valence-corrected chi connectivity index (χ1v) is 10.5. The van der Waals surface area contributed by atoms with Gasteiger partial charge in [0.05, 0.1) is 11.9 Å². The molecule has 1 atom stereocenters. The first-order valence-electron chi connectivity index (χ1n) is 7.42. The van der Waals surface area contributed by atoms with Crippen LogP contribution < -0.4 is 9.62 Å². The molecule has 134 valence electrons. The predicted molar refractivity (Wildman–Crippen MR) is 100 cm³/mol. The van der Waals surface area contributed by atoms with E-state index in [9.17, 15) is 17.6 Å². The van der Waals surface area contributed by atoms with Gasteiger partial charge in [0.1, 0.15) is 11.9 Å². The van der Waals surface area contributed by atoms with Crippen molar-refractivity contribution >= 4 is 39.1 Å². The van der Waals surface area contributed by atoms with Gasteiger partial charge in [-0.25, -0.2) is 12.8 Å². The van der Waals surface area contributed by atoms with Gasteiger partial charge in [0.15, 0.2) is 0 Å². The van der Waals surface area contributed by atoms with Crippen molar-refractivity contribution in [1.82, 2.24) is 0 Å². The summed E-state index contributed by atoms with van der Waals surface area (Å²) in [5.41, 5.74) is 0.666. The summed E-state index contributed by atoms with van der Waals surface area (Å²) in [4.78, 5) is 13.5. The lowest BCUT2D eigenvalue weighted by molar-refractivity contribution is -0.116. The van der Waals surface area contributed by atoms with Crippen LogP contribution >= 0.6 is 11.8 Å². The highest BCUT2D eigenvalue weighted by Crippen LogP contribution is 2.23. The van der Waals surface area contributed by atoms with E-state index in [4.69, 9.17) is 0 Å². The first-order chi connectivity index (χ1) is 11.7. The van der Waals surface area contributed by atoms with Crippen molar-refractivity contribution < 1.29 is 17.6 Å². The number of nitrogens with one attached hydrogen (secondary N) is 1. The van der Waals surface area contributed by atoms with Crippen molar-refractivity contribution in [3.8, 4) is 0 Å². The number of nitrogens with zero attached hydrogens (tertiary/aromatic N) is 1. The molecule has 5 nitrogen and oxygen atoms in total. The number of amides is 1. The molecular weight excluding hydrogens is 363 g/mol. The highest BCUT2D eigenvalue weighted by Gasteiger charge is 2.29. The summed E-state index contributed by atoms with van der Waals surface area (Å²) < 4.78 is 38.7. The van der Waals surface area contributed by atoms with Crippen molar-refractivity contribution in [2.24, 2.45) is 0 Å². The third kappa shape index (κ3) is 4.96. The van der Waals surface area contributed by atoms with Crippen molar-refractivity contribution in [3.63, 3.8) is 0 Å². The Morgan fingerprint density at radius 3 is 2.48 bits per heavy atom. The van der Waals surface area contributed by atoms with Gasteiger partial charge in [-0.3, -0.25) is 9.10 Å². The molecule has 0 heterocycles. The van der Waals surface area contributed by atoms with Crippen LogP contribution in [0.5, 0.6) is 0 Å². The number of benzene rings is 2. The fourth-order valence-corrected chi connectivity index (χ4v) is 4.00. The third-order valence-electron chi connectivity index (χ3n) is 3.49. The smallest absolute Gasteiger partial charge is 0.247 e. The van der Waals surface area contributed by atoms with Crippen LogP contribution in [-0.4, -0.2) is 32.9 Å². The Morgan fingerprint density at radius 2 is 1.88 bits per heavy atom. The summed E-state index contributed by atoms with van der Waals surface area (Å²) in [5.74, 6) is -1.08. The number of sulfonamides is 1. The van der Waals surface area contributed by atoms with Gasteiger partial charge in [0, 0.05) is 10.6 Å². The van der Waals surface area contributed by atoms with Crippen LogP contribution in [0.25, 0.3) is 0 Å². The molecule has 0 bridgehead atoms. The minimum atomic E-state index is -3.78. The Bertz CT molecular complexity index is 872. The van der Waals surface area contributed by atoms with Crippen LogP contribution in [0.2, 0.25) is 0 Å². The van der Waals surface area contributed by atoms with Crippen LogP contribution in [-0.2, 0) is 14.8 Å². The van der Waals surface area contributed by atoms with E-state index < -0.39 is 27.8 Å². The van der Waals surface area contributed by atoms with Crippen LogP contribution in [0.3, 0.4) is 0 Å². The second kappa shape index (κ2) is 7.88. The maximum Gasteiger partial charge on any atom is 0.247 e.